The first-order chi connectivity index (χ1) is 17.9. The van der Waals surface area contributed by atoms with Gasteiger partial charge in [0.25, 0.3) is 10.0 Å². The number of hydrogen-bond donors (Lipinski definition) is 1. The third-order valence-corrected chi connectivity index (χ3v) is 8.48. The lowest BCUT2D eigenvalue weighted by molar-refractivity contribution is -0.139. The quantitative estimate of drug-likeness (QED) is 0.322. The van der Waals surface area contributed by atoms with Crippen LogP contribution in [-0.4, -0.2) is 43.8 Å². The van der Waals surface area contributed by atoms with E-state index in [0.29, 0.717) is 16.3 Å². The van der Waals surface area contributed by atoms with Crippen molar-refractivity contribution < 1.29 is 18.0 Å². The number of amides is 2. The zero-order chi connectivity index (χ0) is 28.0. The van der Waals surface area contributed by atoms with Gasteiger partial charge in [-0.15, -0.1) is 0 Å². The lowest BCUT2D eigenvalue weighted by atomic mass is 10.1. The van der Waals surface area contributed by atoms with E-state index >= 15 is 0 Å². The number of aryl methyl sites for hydroxylation is 1. The summed E-state index contributed by atoms with van der Waals surface area (Å²) in [7, 11) is -4.14. The Morgan fingerprint density at radius 3 is 2.13 bits per heavy atom. The van der Waals surface area contributed by atoms with Crippen LogP contribution in [0.25, 0.3) is 0 Å². The molecular weight excluding hydrogens is 590 g/mol. The fourth-order valence-electron chi connectivity index (χ4n) is 3.86. The summed E-state index contributed by atoms with van der Waals surface area (Å²) in [4.78, 5) is 28.2. The normalized spacial score (nSPS) is 12.2. The summed E-state index contributed by atoms with van der Waals surface area (Å²) in [6.07, 6.45) is 0. The van der Waals surface area contributed by atoms with E-state index in [1.54, 1.807) is 38.1 Å². The van der Waals surface area contributed by atoms with Crippen molar-refractivity contribution in [1.82, 2.24) is 10.2 Å². The van der Waals surface area contributed by atoms with Crippen molar-refractivity contribution >= 4 is 55.1 Å². The molecule has 3 aromatic rings. The highest BCUT2D eigenvalue weighted by atomic mass is 79.9. The Morgan fingerprint density at radius 1 is 0.947 bits per heavy atom. The number of rotatable bonds is 10. The van der Waals surface area contributed by atoms with Gasteiger partial charge in [-0.25, -0.2) is 8.42 Å². The van der Waals surface area contributed by atoms with Gasteiger partial charge in [0.05, 0.1) is 10.6 Å². The molecule has 0 aliphatic heterocycles. The molecule has 10 heteroatoms. The Kier molecular flexibility index (Phi) is 9.98. The second-order valence-electron chi connectivity index (χ2n) is 9.24. The number of carbonyl (C=O) groups excluding carboxylic acids is 2. The predicted molar refractivity (Wildman–Crippen MR) is 155 cm³/mol. The Bertz CT molecular complexity index is 1380. The van der Waals surface area contributed by atoms with Crippen molar-refractivity contribution in [2.24, 2.45) is 0 Å². The summed E-state index contributed by atoms with van der Waals surface area (Å²) >= 11 is 9.39. The largest absolute Gasteiger partial charge is 0.352 e. The van der Waals surface area contributed by atoms with Crippen LogP contribution in [0.4, 0.5) is 5.69 Å². The number of para-hydroxylation sites is 1. The van der Waals surface area contributed by atoms with Crippen LogP contribution in [0.15, 0.2) is 82.2 Å². The first-order valence-electron chi connectivity index (χ1n) is 12.1. The summed E-state index contributed by atoms with van der Waals surface area (Å²) in [6.45, 7) is 6.73. The van der Waals surface area contributed by atoms with Crippen LogP contribution in [0.1, 0.15) is 31.9 Å². The number of nitrogens with one attached hydrogen (secondary N) is 1. The minimum Gasteiger partial charge on any atom is -0.352 e. The van der Waals surface area contributed by atoms with E-state index in [-0.39, 0.29) is 23.4 Å². The summed E-state index contributed by atoms with van der Waals surface area (Å²) in [5.41, 5.74) is 1.86. The highest BCUT2D eigenvalue weighted by molar-refractivity contribution is 9.10. The van der Waals surface area contributed by atoms with Crippen molar-refractivity contribution in [3.05, 3.63) is 93.4 Å². The molecule has 7 nitrogen and oxygen atoms in total. The van der Waals surface area contributed by atoms with Crippen molar-refractivity contribution in [1.29, 1.82) is 0 Å². The number of carbonyl (C=O) groups is 2. The van der Waals surface area contributed by atoms with Crippen LogP contribution in [0.3, 0.4) is 0 Å². The number of anilines is 1. The van der Waals surface area contributed by atoms with Gasteiger partial charge in [-0.1, -0.05) is 57.9 Å². The van der Waals surface area contributed by atoms with E-state index in [2.05, 4.69) is 21.2 Å². The minimum absolute atomic E-state index is 0.00279. The van der Waals surface area contributed by atoms with Gasteiger partial charge in [0.1, 0.15) is 12.6 Å². The van der Waals surface area contributed by atoms with Gasteiger partial charge >= 0.3 is 0 Å². The molecule has 3 aromatic carbocycles. The van der Waals surface area contributed by atoms with Crippen LogP contribution < -0.4 is 9.62 Å². The predicted octanol–water partition coefficient (Wildman–Crippen LogP) is 5.55. The molecule has 38 heavy (non-hydrogen) atoms. The zero-order valence-corrected chi connectivity index (χ0v) is 24.8. The number of halogens is 2. The zero-order valence-electron chi connectivity index (χ0n) is 21.7. The monoisotopic (exact) mass is 619 g/mol. The summed E-state index contributed by atoms with van der Waals surface area (Å²) < 4.78 is 29.6. The maximum absolute atomic E-state index is 13.9. The second kappa shape index (κ2) is 12.8. The Balaban J connectivity index is 2.04. The van der Waals surface area contributed by atoms with Gasteiger partial charge < -0.3 is 10.2 Å². The van der Waals surface area contributed by atoms with Gasteiger partial charge in [0.15, 0.2) is 0 Å². The standard InChI is InChI=1S/C28H31BrClN3O4S/c1-19(2)31-28(35)21(4)32(17-22-9-11-23(29)12-10-22)27(34)18-33(26-8-6-5-7-20(26)3)38(36,37)25-15-13-24(30)14-16-25/h5-16,19,21H,17-18H2,1-4H3,(H,31,35)/t21-/m0/s1. The molecule has 0 fully saturated rings. The highest BCUT2D eigenvalue weighted by Gasteiger charge is 2.33. The molecule has 202 valence electrons. The van der Waals surface area contributed by atoms with Crippen LogP contribution in [0, 0.1) is 6.92 Å². The van der Waals surface area contributed by atoms with Gasteiger partial charge in [-0.2, -0.15) is 0 Å². The first kappa shape index (κ1) is 29.7. The summed E-state index contributed by atoms with van der Waals surface area (Å²) in [6, 6.07) is 19.2. The van der Waals surface area contributed by atoms with E-state index in [9.17, 15) is 18.0 Å². The molecule has 0 aliphatic rings. The van der Waals surface area contributed by atoms with Gasteiger partial charge in [0.2, 0.25) is 11.8 Å². The van der Waals surface area contributed by atoms with Gasteiger partial charge in [-0.3, -0.25) is 13.9 Å². The Morgan fingerprint density at radius 2 is 1.55 bits per heavy atom. The van der Waals surface area contributed by atoms with Crippen molar-refractivity contribution in [2.75, 3.05) is 10.8 Å². The molecule has 0 bridgehead atoms. The Labute approximate surface area is 238 Å². The molecule has 0 aliphatic carbocycles. The third kappa shape index (κ3) is 7.36. The van der Waals surface area contributed by atoms with Crippen LogP contribution >= 0.6 is 27.5 Å². The molecule has 3 rings (SSSR count). The topological polar surface area (TPSA) is 86.8 Å². The molecule has 1 atom stereocenters. The molecule has 2 amide bonds. The molecule has 1 N–H and O–H groups in total. The number of hydrogen-bond acceptors (Lipinski definition) is 4. The molecule has 0 heterocycles. The maximum atomic E-state index is 13.9. The van der Waals surface area contributed by atoms with Gasteiger partial charge in [-0.05, 0) is 81.3 Å². The Hall–Kier alpha value is -2.88. The maximum Gasteiger partial charge on any atom is 0.264 e. The lowest BCUT2D eigenvalue weighted by Crippen LogP contribution is -2.52. The van der Waals surface area contributed by atoms with E-state index in [0.717, 1.165) is 14.3 Å². The highest BCUT2D eigenvalue weighted by Crippen LogP contribution is 2.28. The van der Waals surface area contributed by atoms with Crippen LogP contribution in [-0.2, 0) is 26.2 Å². The van der Waals surface area contributed by atoms with E-state index in [1.165, 1.54) is 29.2 Å². The molecule has 0 spiro atoms. The molecule has 0 aromatic heterocycles. The SMILES string of the molecule is Cc1ccccc1N(CC(=O)N(Cc1ccc(Br)cc1)[C@@H](C)C(=O)NC(C)C)S(=O)(=O)c1ccc(Cl)cc1. The summed E-state index contributed by atoms with van der Waals surface area (Å²) in [5, 5.41) is 3.24. The summed E-state index contributed by atoms with van der Waals surface area (Å²) in [5.74, 6) is -0.839. The number of sulfonamides is 1. The number of benzene rings is 3. The first-order valence-corrected chi connectivity index (χ1v) is 14.7. The molecule has 0 unspecified atom stereocenters. The van der Waals surface area contributed by atoms with E-state index < -0.39 is 28.5 Å². The third-order valence-electron chi connectivity index (χ3n) is 5.93. The second-order valence-corrected chi connectivity index (χ2v) is 12.5. The average molecular weight is 621 g/mol. The van der Waals surface area contributed by atoms with Crippen molar-refractivity contribution in [3.8, 4) is 0 Å². The fourth-order valence-corrected chi connectivity index (χ4v) is 5.73. The minimum atomic E-state index is -4.14. The van der Waals surface area contributed by atoms with Crippen LogP contribution in [0.5, 0.6) is 0 Å². The van der Waals surface area contributed by atoms with Crippen molar-refractivity contribution in [2.45, 2.75) is 51.2 Å². The van der Waals surface area contributed by atoms with Crippen LogP contribution in [0.2, 0.25) is 5.02 Å². The fraction of sp³-hybridized carbons (Fsp3) is 0.286. The van der Waals surface area contributed by atoms with E-state index in [1.807, 2.05) is 38.1 Å². The molecule has 0 saturated heterocycles. The van der Waals surface area contributed by atoms with Crippen molar-refractivity contribution in [3.63, 3.8) is 0 Å². The molecular formula is C28H31BrClN3O4S. The average Bonchev–Trinajstić information content (AvgIpc) is 2.86. The number of nitrogens with zero attached hydrogens (tertiary/aromatic N) is 2. The molecule has 0 radical (unpaired) electrons. The molecule has 0 saturated carbocycles. The van der Waals surface area contributed by atoms with E-state index in [4.69, 9.17) is 11.6 Å². The van der Waals surface area contributed by atoms with Gasteiger partial charge in [0, 0.05) is 22.1 Å². The smallest absolute Gasteiger partial charge is 0.264 e. The lowest BCUT2D eigenvalue weighted by Gasteiger charge is -2.32.